The van der Waals surface area contributed by atoms with Crippen molar-refractivity contribution in [2.45, 2.75) is 6.42 Å². The number of rotatable bonds is 2. The molecule has 0 saturated heterocycles. The van der Waals surface area contributed by atoms with Crippen LogP contribution in [0.5, 0.6) is 0 Å². The van der Waals surface area contributed by atoms with Gasteiger partial charge in [0.05, 0.1) is 0 Å². The molecule has 0 aromatic heterocycles. The van der Waals surface area contributed by atoms with Crippen LogP contribution in [0.3, 0.4) is 0 Å². The van der Waals surface area contributed by atoms with Gasteiger partial charge in [-0.2, -0.15) is 0 Å². The van der Waals surface area contributed by atoms with Crippen molar-refractivity contribution in [3.63, 3.8) is 0 Å². The van der Waals surface area contributed by atoms with Crippen molar-refractivity contribution >= 4 is 43.5 Å². The zero-order valence-electron chi connectivity index (χ0n) is 5.78. The van der Waals surface area contributed by atoms with Gasteiger partial charge in [-0.3, -0.25) is 0 Å². The molecule has 0 spiro atoms. The minimum absolute atomic E-state index is 0.787. The van der Waals surface area contributed by atoms with Gasteiger partial charge in [-0.1, -0.05) is 43.5 Å². The SMILES string of the molecule is Clc1cc(Br)cc(CCBr)c1. The van der Waals surface area contributed by atoms with E-state index in [1.807, 2.05) is 12.1 Å². The molecule has 0 N–H and O–H groups in total. The molecule has 1 aromatic carbocycles. The molecule has 0 aliphatic rings. The Kier molecular flexibility index (Phi) is 3.90. The van der Waals surface area contributed by atoms with Gasteiger partial charge < -0.3 is 0 Å². The molecule has 3 heteroatoms. The first-order chi connectivity index (χ1) is 5.22. The average molecular weight is 298 g/mol. The van der Waals surface area contributed by atoms with Gasteiger partial charge in [0.25, 0.3) is 0 Å². The summed E-state index contributed by atoms with van der Waals surface area (Å²) in [6, 6.07) is 5.94. The third-order valence-electron chi connectivity index (χ3n) is 1.31. The summed E-state index contributed by atoms with van der Waals surface area (Å²) < 4.78 is 1.04. The van der Waals surface area contributed by atoms with Crippen LogP contribution in [0.4, 0.5) is 0 Å². The van der Waals surface area contributed by atoms with Crippen molar-refractivity contribution in [3.05, 3.63) is 33.3 Å². The summed E-state index contributed by atoms with van der Waals surface area (Å²) in [6.45, 7) is 0. The van der Waals surface area contributed by atoms with Gasteiger partial charge >= 0.3 is 0 Å². The lowest BCUT2D eigenvalue weighted by Gasteiger charge is -1.99. The lowest BCUT2D eigenvalue weighted by Crippen LogP contribution is -1.84. The second-order valence-corrected chi connectivity index (χ2v) is 4.36. The topological polar surface area (TPSA) is 0 Å². The first-order valence-corrected chi connectivity index (χ1v) is 5.52. The Morgan fingerprint density at radius 2 is 2.00 bits per heavy atom. The average Bonchev–Trinajstić information content (AvgIpc) is 1.85. The van der Waals surface area contributed by atoms with Crippen molar-refractivity contribution in [3.8, 4) is 0 Å². The van der Waals surface area contributed by atoms with Crippen LogP contribution in [0.1, 0.15) is 5.56 Å². The van der Waals surface area contributed by atoms with Gasteiger partial charge in [0.15, 0.2) is 0 Å². The van der Waals surface area contributed by atoms with E-state index in [0.717, 1.165) is 21.2 Å². The van der Waals surface area contributed by atoms with E-state index in [1.165, 1.54) is 5.56 Å². The molecular formula is C8H7Br2Cl. The van der Waals surface area contributed by atoms with Gasteiger partial charge in [-0.25, -0.2) is 0 Å². The minimum atomic E-state index is 0.787. The van der Waals surface area contributed by atoms with E-state index < -0.39 is 0 Å². The first kappa shape index (κ1) is 9.56. The molecule has 0 amide bonds. The predicted octanol–water partition coefficient (Wildman–Crippen LogP) is 4.04. The van der Waals surface area contributed by atoms with Crippen molar-refractivity contribution < 1.29 is 0 Å². The van der Waals surface area contributed by atoms with Crippen molar-refractivity contribution in [2.24, 2.45) is 0 Å². The molecule has 0 nitrogen and oxygen atoms in total. The number of hydrogen-bond acceptors (Lipinski definition) is 0. The summed E-state index contributed by atoms with van der Waals surface area (Å²) in [5, 5.41) is 1.76. The third-order valence-corrected chi connectivity index (χ3v) is 2.38. The van der Waals surface area contributed by atoms with E-state index >= 15 is 0 Å². The maximum absolute atomic E-state index is 5.84. The highest BCUT2D eigenvalue weighted by Crippen LogP contribution is 2.19. The molecule has 60 valence electrons. The van der Waals surface area contributed by atoms with Gasteiger partial charge in [0.1, 0.15) is 0 Å². The summed E-state index contributed by atoms with van der Waals surface area (Å²) in [4.78, 5) is 0. The fourth-order valence-corrected chi connectivity index (χ4v) is 2.25. The largest absolute Gasteiger partial charge is 0.0924 e. The van der Waals surface area contributed by atoms with Gasteiger partial charge in [-0.05, 0) is 30.2 Å². The summed E-state index contributed by atoms with van der Waals surface area (Å²) >= 11 is 12.6. The highest BCUT2D eigenvalue weighted by molar-refractivity contribution is 9.10. The van der Waals surface area contributed by atoms with E-state index in [1.54, 1.807) is 0 Å². The van der Waals surface area contributed by atoms with Crippen LogP contribution in [0.15, 0.2) is 22.7 Å². The Labute approximate surface area is 88.2 Å². The first-order valence-electron chi connectivity index (χ1n) is 3.23. The van der Waals surface area contributed by atoms with E-state index in [2.05, 4.69) is 37.9 Å². The minimum Gasteiger partial charge on any atom is -0.0924 e. The van der Waals surface area contributed by atoms with Gasteiger partial charge in [0, 0.05) is 14.8 Å². The van der Waals surface area contributed by atoms with E-state index in [0.29, 0.717) is 0 Å². The van der Waals surface area contributed by atoms with E-state index in [-0.39, 0.29) is 0 Å². The Hall–Kier alpha value is 0.470. The second-order valence-electron chi connectivity index (χ2n) is 2.22. The Balaban J connectivity index is 2.89. The van der Waals surface area contributed by atoms with Crippen LogP contribution in [-0.4, -0.2) is 5.33 Å². The lowest BCUT2D eigenvalue weighted by atomic mass is 10.2. The molecule has 0 bridgehead atoms. The molecule has 0 unspecified atom stereocenters. The van der Waals surface area contributed by atoms with Crippen LogP contribution in [0, 0.1) is 0 Å². The van der Waals surface area contributed by atoms with Crippen LogP contribution in [0.2, 0.25) is 5.02 Å². The van der Waals surface area contributed by atoms with E-state index in [4.69, 9.17) is 11.6 Å². The second kappa shape index (κ2) is 4.48. The highest BCUT2D eigenvalue weighted by Gasteiger charge is 1.96. The lowest BCUT2D eigenvalue weighted by molar-refractivity contribution is 1.17. The monoisotopic (exact) mass is 296 g/mol. The molecule has 0 radical (unpaired) electrons. The smallest absolute Gasteiger partial charge is 0.0419 e. The zero-order valence-corrected chi connectivity index (χ0v) is 9.71. The molecule has 1 aromatic rings. The Morgan fingerprint density at radius 1 is 1.27 bits per heavy atom. The fraction of sp³-hybridized carbons (Fsp3) is 0.250. The quantitative estimate of drug-likeness (QED) is 0.723. The summed E-state index contributed by atoms with van der Waals surface area (Å²) in [7, 11) is 0. The summed E-state index contributed by atoms with van der Waals surface area (Å²) in [5.41, 5.74) is 1.25. The molecule has 11 heavy (non-hydrogen) atoms. The van der Waals surface area contributed by atoms with Crippen LogP contribution in [0.25, 0.3) is 0 Å². The number of alkyl halides is 1. The Morgan fingerprint density at radius 3 is 2.55 bits per heavy atom. The molecule has 0 saturated carbocycles. The van der Waals surface area contributed by atoms with Crippen molar-refractivity contribution in [1.82, 2.24) is 0 Å². The number of benzene rings is 1. The zero-order chi connectivity index (χ0) is 8.27. The van der Waals surface area contributed by atoms with Gasteiger partial charge in [-0.15, -0.1) is 0 Å². The molecule has 0 fully saturated rings. The number of hydrogen-bond donors (Lipinski definition) is 0. The molecule has 1 rings (SSSR count). The van der Waals surface area contributed by atoms with E-state index in [9.17, 15) is 0 Å². The normalized spacial score (nSPS) is 10.1. The number of aryl methyl sites for hydroxylation is 1. The molecule has 0 aliphatic heterocycles. The summed E-state index contributed by atoms with van der Waals surface area (Å²) in [5.74, 6) is 0. The predicted molar refractivity (Wildman–Crippen MR) is 56.7 cm³/mol. The molecule has 0 heterocycles. The molecule has 0 aliphatic carbocycles. The van der Waals surface area contributed by atoms with Crippen LogP contribution < -0.4 is 0 Å². The van der Waals surface area contributed by atoms with Crippen molar-refractivity contribution in [2.75, 3.05) is 5.33 Å². The number of halogens is 3. The fourth-order valence-electron chi connectivity index (χ4n) is 0.864. The van der Waals surface area contributed by atoms with Crippen LogP contribution >= 0.6 is 43.5 Å². The Bertz CT molecular complexity index is 228. The standard InChI is InChI=1S/C8H7Br2Cl/c9-2-1-6-3-7(10)5-8(11)4-6/h3-5H,1-2H2. The molecule has 0 atom stereocenters. The van der Waals surface area contributed by atoms with Crippen LogP contribution in [-0.2, 0) is 6.42 Å². The maximum Gasteiger partial charge on any atom is 0.0419 e. The summed E-state index contributed by atoms with van der Waals surface area (Å²) in [6.07, 6.45) is 1.01. The van der Waals surface area contributed by atoms with Gasteiger partial charge in [0.2, 0.25) is 0 Å². The maximum atomic E-state index is 5.84. The molecular weight excluding hydrogens is 291 g/mol. The highest BCUT2D eigenvalue weighted by atomic mass is 79.9. The third kappa shape index (κ3) is 3.14. The van der Waals surface area contributed by atoms with Crippen molar-refractivity contribution in [1.29, 1.82) is 0 Å².